The van der Waals surface area contributed by atoms with Gasteiger partial charge < -0.3 is 41.7 Å². The number of carbonyl (C=O) groups excluding carboxylic acids is 5. The predicted molar refractivity (Wildman–Crippen MR) is 173 cm³/mol. The van der Waals surface area contributed by atoms with E-state index in [1.807, 2.05) is 6.92 Å². The van der Waals surface area contributed by atoms with Crippen LogP contribution in [0.25, 0.3) is 0 Å². The van der Waals surface area contributed by atoms with Crippen molar-refractivity contribution in [2.24, 2.45) is 17.6 Å². The van der Waals surface area contributed by atoms with E-state index >= 15 is 0 Å². The first-order chi connectivity index (χ1) is 22.0. The van der Waals surface area contributed by atoms with Crippen molar-refractivity contribution in [3.8, 4) is 0 Å². The molecule has 3 rings (SSSR count). The molecule has 13 heteroatoms. The largest absolute Gasteiger partial charge is 0.391 e. The number of carbonyl (C=O) groups is 5. The van der Waals surface area contributed by atoms with Crippen LogP contribution >= 0.6 is 0 Å². The molecule has 5 amide bonds. The molecule has 7 N–H and O–H groups in total. The summed E-state index contributed by atoms with van der Waals surface area (Å²) in [5.74, 6) is -3.07. The minimum Gasteiger partial charge on any atom is -0.391 e. The van der Waals surface area contributed by atoms with E-state index in [2.05, 4.69) is 21.3 Å². The van der Waals surface area contributed by atoms with E-state index in [0.29, 0.717) is 25.7 Å². The molecule has 8 atom stereocenters. The van der Waals surface area contributed by atoms with Gasteiger partial charge in [-0.1, -0.05) is 58.3 Å². The third kappa shape index (κ3) is 10.4. The smallest absolute Gasteiger partial charge is 0.245 e. The minimum atomic E-state index is -1.31. The van der Waals surface area contributed by atoms with Crippen molar-refractivity contribution < 1.29 is 33.8 Å². The monoisotopic (exact) mass is 650 g/mol. The molecule has 0 aromatic heterocycles. The second-order valence-electron chi connectivity index (χ2n) is 13.5. The molecule has 0 radical (unpaired) electrons. The van der Waals surface area contributed by atoms with Crippen LogP contribution in [0.15, 0.2) is 0 Å². The van der Waals surface area contributed by atoms with Crippen LogP contribution in [0.4, 0.5) is 0 Å². The van der Waals surface area contributed by atoms with Gasteiger partial charge in [-0.15, -0.1) is 0 Å². The minimum absolute atomic E-state index is 0.119. The number of aliphatic hydroxyl groups excluding tert-OH is 1. The van der Waals surface area contributed by atoms with Gasteiger partial charge in [0.15, 0.2) is 0 Å². The van der Waals surface area contributed by atoms with Gasteiger partial charge in [-0.25, -0.2) is 0 Å². The van der Waals surface area contributed by atoms with E-state index in [4.69, 9.17) is 10.5 Å². The molecular formula is C33H58N6O7. The summed E-state index contributed by atoms with van der Waals surface area (Å²) in [4.78, 5) is 70.0. The molecule has 0 bridgehead atoms. The lowest BCUT2D eigenvalue weighted by molar-refractivity contribution is -0.148. The predicted octanol–water partition coefficient (Wildman–Crippen LogP) is 0.862. The summed E-state index contributed by atoms with van der Waals surface area (Å²) >= 11 is 0. The van der Waals surface area contributed by atoms with Crippen LogP contribution in [0.1, 0.15) is 104 Å². The molecule has 2 aliphatic carbocycles. The number of likely N-dealkylation sites (N-methyl/N-ethyl adjacent to an activating group) is 1. The topological polar surface area (TPSA) is 192 Å². The van der Waals surface area contributed by atoms with E-state index in [0.717, 1.165) is 57.8 Å². The Hall–Kier alpha value is -2.77. The number of fused-ring (bicyclic) bond motifs is 1. The Morgan fingerprint density at radius 3 is 2.11 bits per heavy atom. The summed E-state index contributed by atoms with van der Waals surface area (Å²) in [6.45, 7) is 4.95. The lowest BCUT2D eigenvalue weighted by atomic mass is 9.83. The molecule has 0 unspecified atom stereocenters. The van der Waals surface area contributed by atoms with Gasteiger partial charge >= 0.3 is 0 Å². The first-order valence-electron chi connectivity index (χ1n) is 17.5. The summed E-state index contributed by atoms with van der Waals surface area (Å²) in [5, 5.41) is 21.4. The second kappa shape index (κ2) is 18.5. The highest BCUT2D eigenvalue weighted by Gasteiger charge is 2.40. The van der Waals surface area contributed by atoms with E-state index < -0.39 is 72.0 Å². The molecule has 0 aromatic rings. The number of hydrogen-bond acceptors (Lipinski definition) is 8. The van der Waals surface area contributed by atoms with Gasteiger partial charge in [0, 0.05) is 19.6 Å². The van der Waals surface area contributed by atoms with Crippen molar-refractivity contribution in [3.05, 3.63) is 0 Å². The van der Waals surface area contributed by atoms with Crippen molar-refractivity contribution in [2.75, 3.05) is 20.2 Å². The fourth-order valence-electron chi connectivity index (χ4n) is 7.03. The van der Waals surface area contributed by atoms with Gasteiger partial charge in [0.2, 0.25) is 29.5 Å². The number of nitrogens with two attached hydrogens (primary N) is 1. The molecule has 0 spiro atoms. The maximum atomic E-state index is 14.2. The highest BCUT2D eigenvalue weighted by atomic mass is 16.5. The molecule has 46 heavy (non-hydrogen) atoms. The van der Waals surface area contributed by atoms with E-state index in [1.165, 1.54) is 11.8 Å². The first-order valence-corrected chi connectivity index (χ1v) is 17.5. The van der Waals surface area contributed by atoms with Gasteiger partial charge in [-0.05, 0) is 51.9 Å². The molecule has 3 fully saturated rings. The highest BCUT2D eigenvalue weighted by Crippen LogP contribution is 2.29. The van der Waals surface area contributed by atoms with E-state index in [9.17, 15) is 29.1 Å². The molecular weight excluding hydrogens is 592 g/mol. The SMILES string of the molecule is CCC[C@H]1C(=O)N[C@@H](C2CCCCC2)C(=O)N[C@@H](CN)C(=O)N[C@@H]([C@H](C)O)C(=O)N[C@H](C)CO[C@@H]2CCCCCC[C@H]2C(=O)N1C. The van der Waals surface area contributed by atoms with E-state index in [-0.39, 0.29) is 25.0 Å². The van der Waals surface area contributed by atoms with Crippen molar-refractivity contribution in [3.63, 3.8) is 0 Å². The Morgan fingerprint density at radius 2 is 1.48 bits per heavy atom. The number of rotatable bonds is 5. The van der Waals surface area contributed by atoms with Crippen LogP contribution in [0.3, 0.4) is 0 Å². The maximum absolute atomic E-state index is 14.2. The quantitative estimate of drug-likeness (QED) is 0.252. The van der Waals surface area contributed by atoms with Crippen molar-refractivity contribution in [2.45, 2.75) is 147 Å². The average molecular weight is 651 g/mol. The van der Waals surface area contributed by atoms with Crippen molar-refractivity contribution in [1.29, 1.82) is 0 Å². The summed E-state index contributed by atoms with van der Waals surface area (Å²) in [5.41, 5.74) is 5.91. The highest BCUT2D eigenvalue weighted by molar-refractivity contribution is 5.96. The average Bonchev–Trinajstić information content (AvgIpc) is 3.02. The zero-order chi connectivity index (χ0) is 33.8. The first kappa shape index (κ1) is 37.7. The Morgan fingerprint density at radius 1 is 0.848 bits per heavy atom. The summed E-state index contributed by atoms with van der Waals surface area (Å²) < 4.78 is 6.33. The zero-order valence-corrected chi connectivity index (χ0v) is 28.2. The molecule has 2 saturated carbocycles. The fraction of sp³-hybridized carbons (Fsp3) is 0.848. The molecule has 1 aliphatic heterocycles. The third-order valence-corrected chi connectivity index (χ3v) is 9.78. The Balaban J connectivity index is 2.01. The number of amides is 5. The number of nitrogens with zero attached hydrogens (tertiary/aromatic N) is 1. The van der Waals surface area contributed by atoms with Crippen LogP contribution in [0.5, 0.6) is 0 Å². The van der Waals surface area contributed by atoms with Crippen LogP contribution in [0, 0.1) is 11.8 Å². The van der Waals surface area contributed by atoms with E-state index in [1.54, 1.807) is 14.0 Å². The van der Waals surface area contributed by atoms with Gasteiger partial charge in [0.25, 0.3) is 0 Å². The summed E-state index contributed by atoms with van der Waals surface area (Å²) in [6.07, 6.45) is 8.85. The van der Waals surface area contributed by atoms with Crippen LogP contribution < -0.4 is 27.0 Å². The Labute approximate surface area is 273 Å². The molecule has 1 saturated heterocycles. The van der Waals surface area contributed by atoms with Gasteiger partial charge in [0.05, 0.1) is 24.7 Å². The molecule has 0 aromatic carbocycles. The molecule has 13 nitrogen and oxygen atoms in total. The Bertz CT molecular complexity index is 1040. The van der Waals surface area contributed by atoms with Crippen molar-refractivity contribution in [1.82, 2.24) is 26.2 Å². The normalized spacial score (nSPS) is 33.0. The molecule has 262 valence electrons. The number of nitrogens with one attached hydrogen (secondary N) is 4. The van der Waals surface area contributed by atoms with Crippen molar-refractivity contribution >= 4 is 29.5 Å². The van der Waals surface area contributed by atoms with Gasteiger partial charge in [0.1, 0.15) is 24.2 Å². The van der Waals surface area contributed by atoms with Crippen LogP contribution in [-0.4, -0.2) is 102 Å². The number of ether oxygens (including phenoxy) is 1. The summed E-state index contributed by atoms with van der Waals surface area (Å²) in [7, 11) is 1.66. The second-order valence-corrected chi connectivity index (χ2v) is 13.5. The molecule has 1 heterocycles. The third-order valence-electron chi connectivity index (χ3n) is 9.78. The lowest BCUT2D eigenvalue weighted by Gasteiger charge is -2.36. The molecule has 3 aliphatic rings. The summed E-state index contributed by atoms with van der Waals surface area (Å²) in [6, 6.07) is -4.74. The zero-order valence-electron chi connectivity index (χ0n) is 28.2. The fourth-order valence-corrected chi connectivity index (χ4v) is 7.03. The van der Waals surface area contributed by atoms with Crippen LogP contribution in [0.2, 0.25) is 0 Å². The maximum Gasteiger partial charge on any atom is 0.245 e. The van der Waals surface area contributed by atoms with Gasteiger partial charge in [-0.3, -0.25) is 24.0 Å². The number of hydrogen-bond donors (Lipinski definition) is 6. The van der Waals surface area contributed by atoms with Gasteiger partial charge in [-0.2, -0.15) is 0 Å². The standard InChI is InChI=1S/C33H58N6O7/c1-5-13-25-30(42)38-28(22-14-9-8-10-15-22)32(44)36-24(18-34)29(41)37-27(21(3)40)31(43)35-20(2)19-46-26-17-12-7-6-11-16-23(26)33(45)39(25)4/h20-28,40H,5-19,34H2,1-4H3,(H,35,43)(H,36,44)(H,37,41)(H,38,42)/t20-,21+,23-,24+,25+,26-,27+,28+/m1/s1. The van der Waals surface area contributed by atoms with Crippen LogP contribution in [-0.2, 0) is 28.7 Å². The number of aliphatic hydroxyl groups is 1. The Kier molecular flexibility index (Phi) is 15.2. The lowest BCUT2D eigenvalue weighted by Crippen LogP contribution is -2.62.